The Kier molecular flexibility index (Phi) is 2.28. The molecule has 1 rings (SSSR count). The zero-order valence-corrected chi connectivity index (χ0v) is 8.15. The van der Waals surface area contributed by atoms with Gasteiger partial charge in [0.15, 0.2) is 0 Å². The SMILES string of the molecule is C=C(C)C1=C(C)C(=N)C(=N)C(C)=N1. The van der Waals surface area contributed by atoms with Crippen molar-refractivity contribution in [3.8, 4) is 0 Å². The van der Waals surface area contributed by atoms with Crippen LogP contribution in [0, 0.1) is 10.8 Å². The van der Waals surface area contributed by atoms with Gasteiger partial charge in [-0.3, -0.25) is 15.8 Å². The van der Waals surface area contributed by atoms with Crippen molar-refractivity contribution in [2.24, 2.45) is 4.99 Å². The normalized spacial score (nSPS) is 17.6. The highest BCUT2D eigenvalue weighted by molar-refractivity contribution is 6.70. The summed E-state index contributed by atoms with van der Waals surface area (Å²) < 4.78 is 0. The average molecular weight is 175 g/mol. The van der Waals surface area contributed by atoms with Gasteiger partial charge in [0, 0.05) is 5.57 Å². The molecule has 3 nitrogen and oxygen atoms in total. The van der Waals surface area contributed by atoms with E-state index < -0.39 is 0 Å². The highest BCUT2D eigenvalue weighted by atomic mass is 14.8. The molecule has 68 valence electrons. The van der Waals surface area contributed by atoms with E-state index in [9.17, 15) is 0 Å². The monoisotopic (exact) mass is 175 g/mol. The Morgan fingerprint density at radius 2 is 1.77 bits per heavy atom. The van der Waals surface area contributed by atoms with Crippen molar-refractivity contribution in [1.82, 2.24) is 0 Å². The lowest BCUT2D eigenvalue weighted by atomic mass is 9.97. The van der Waals surface area contributed by atoms with Crippen molar-refractivity contribution < 1.29 is 0 Å². The maximum Gasteiger partial charge on any atom is 0.101 e. The quantitative estimate of drug-likeness (QED) is 0.614. The first-order valence-electron chi connectivity index (χ1n) is 4.05. The van der Waals surface area contributed by atoms with Gasteiger partial charge >= 0.3 is 0 Å². The van der Waals surface area contributed by atoms with E-state index in [0.29, 0.717) is 5.71 Å². The number of nitrogens with zero attached hydrogens (tertiary/aromatic N) is 1. The number of nitrogens with one attached hydrogen (secondary N) is 2. The molecular formula is C10H13N3. The summed E-state index contributed by atoms with van der Waals surface area (Å²) in [6.45, 7) is 9.19. The largest absolute Gasteiger partial charge is 0.298 e. The van der Waals surface area contributed by atoms with Crippen LogP contribution in [-0.4, -0.2) is 17.1 Å². The van der Waals surface area contributed by atoms with E-state index in [2.05, 4.69) is 11.6 Å². The van der Waals surface area contributed by atoms with Gasteiger partial charge in [0.2, 0.25) is 0 Å². The van der Waals surface area contributed by atoms with Crippen molar-refractivity contribution in [3.63, 3.8) is 0 Å². The van der Waals surface area contributed by atoms with Crippen LogP contribution in [0.2, 0.25) is 0 Å². The second kappa shape index (κ2) is 3.09. The zero-order valence-electron chi connectivity index (χ0n) is 8.15. The minimum Gasteiger partial charge on any atom is -0.298 e. The number of aliphatic imine (C=N–C) groups is 1. The van der Waals surface area contributed by atoms with E-state index in [4.69, 9.17) is 10.8 Å². The molecule has 0 amide bonds. The lowest BCUT2D eigenvalue weighted by Gasteiger charge is -2.16. The number of hydrogen-bond acceptors (Lipinski definition) is 3. The van der Waals surface area contributed by atoms with Crippen molar-refractivity contribution in [2.45, 2.75) is 20.8 Å². The van der Waals surface area contributed by atoms with Gasteiger partial charge in [0.05, 0.1) is 17.1 Å². The molecule has 3 heteroatoms. The van der Waals surface area contributed by atoms with E-state index in [-0.39, 0.29) is 11.4 Å². The molecule has 0 aromatic heterocycles. The van der Waals surface area contributed by atoms with E-state index in [1.54, 1.807) is 13.8 Å². The second-order valence-electron chi connectivity index (χ2n) is 3.20. The van der Waals surface area contributed by atoms with Gasteiger partial charge in [-0.05, 0) is 26.3 Å². The molecule has 0 aromatic rings. The first-order valence-corrected chi connectivity index (χ1v) is 4.05. The zero-order chi connectivity index (χ0) is 10.2. The van der Waals surface area contributed by atoms with Gasteiger partial charge in [-0.1, -0.05) is 6.58 Å². The molecule has 0 spiro atoms. The molecule has 1 aliphatic heterocycles. The van der Waals surface area contributed by atoms with Crippen molar-refractivity contribution >= 4 is 17.1 Å². The average Bonchev–Trinajstić information content (AvgIpc) is 2.07. The Morgan fingerprint density at radius 3 is 2.23 bits per heavy atom. The summed E-state index contributed by atoms with van der Waals surface area (Å²) in [5, 5.41) is 15.2. The maximum absolute atomic E-state index is 7.65. The van der Waals surface area contributed by atoms with Crippen LogP contribution in [0.4, 0.5) is 0 Å². The number of allylic oxidation sites excluding steroid dienone is 2. The molecule has 1 heterocycles. The van der Waals surface area contributed by atoms with E-state index >= 15 is 0 Å². The fraction of sp³-hybridized carbons (Fsp3) is 0.300. The summed E-state index contributed by atoms with van der Waals surface area (Å²) in [4.78, 5) is 4.23. The fourth-order valence-electron chi connectivity index (χ4n) is 1.21. The summed E-state index contributed by atoms with van der Waals surface area (Å²) in [7, 11) is 0. The Morgan fingerprint density at radius 1 is 1.23 bits per heavy atom. The third kappa shape index (κ3) is 1.49. The first-order chi connectivity index (χ1) is 5.95. The van der Waals surface area contributed by atoms with Crippen LogP contribution in [0.15, 0.2) is 28.4 Å². The van der Waals surface area contributed by atoms with Crippen molar-refractivity contribution in [2.75, 3.05) is 0 Å². The predicted octanol–water partition coefficient (Wildman–Crippen LogP) is 2.35. The molecule has 13 heavy (non-hydrogen) atoms. The summed E-state index contributed by atoms with van der Waals surface area (Å²) in [6, 6.07) is 0. The molecule has 0 aliphatic carbocycles. The molecule has 0 saturated heterocycles. The molecule has 0 radical (unpaired) electrons. The summed E-state index contributed by atoms with van der Waals surface area (Å²) in [5.74, 6) is 0. The minimum absolute atomic E-state index is 0.211. The van der Waals surface area contributed by atoms with Crippen LogP contribution >= 0.6 is 0 Å². The van der Waals surface area contributed by atoms with Crippen molar-refractivity contribution in [1.29, 1.82) is 10.8 Å². The molecule has 0 aromatic carbocycles. The van der Waals surface area contributed by atoms with Crippen LogP contribution in [0.25, 0.3) is 0 Å². The summed E-state index contributed by atoms with van der Waals surface area (Å²) in [6.07, 6.45) is 0. The molecule has 0 unspecified atom stereocenters. The third-order valence-electron chi connectivity index (χ3n) is 2.03. The highest BCUT2D eigenvalue weighted by Crippen LogP contribution is 2.20. The lowest BCUT2D eigenvalue weighted by Crippen LogP contribution is -2.26. The molecule has 0 fully saturated rings. The van der Waals surface area contributed by atoms with Gasteiger partial charge < -0.3 is 0 Å². The van der Waals surface area contributed by atoms with E-state index in [1.807, 2.05) is 6.92 Å². The Balaban J connectivity index is 3.31. The Hall–Kier alpha value is -1.51. The molecule has 0 saturated carbocycles. The minimum atomic E-state index is 0.211. The maximum atomic E-state index is 7.65. The molecule has 0 bridgehead atoms. The van der Waals surface area contributed by atoms with Gasteiger partial charge in [0.1, 0.15) is 5.71 Å². The van der Waals surface area contributed by atoms with Crippen molar-refractivity contribution in [3.05, 3.63) is 23.4 Å². The molecule has 1 aliphatic rings. The first kappa shape index (κ1) is 9.58. The highest BCUT2D eigenvalue weighted by Gasteiger charge is 2.19. The van der Waals surface area contributed by atoms with Crippen LogP contribution in [0.3, 0.4) is 0 Å². The van der Waals surface area contributed by atoms with Gasteiger partial charge in [-0.2, -0.15) is 0 Å². The third-order valence-corrected chi connectivity index (χ3v) is 2.03. The summed E-state index contributed by atoms with van der Waals surface area (Å²) >= 11 is 0. The molecular weight excluding hydrogens is 162 g/mol. The van der Waals surface area contributed by atoms with Gasteiger partial charge in [0.25, 0.3) is 0 Å². The molecule has 2 N–H and O–H groups in total. The number of rotatable bonds is 1. The van der Waals surface area contributed by atoms with Crippen LogP contribution < -0.4 is 0 Å². The topological polar surface area (TPSA) is 60.1 Å². The van der Waals surface area contributed by atoms with Gasteiger partial charge in [-0.15, -0.1) is 0 Å². The standard InChI is InChI=1S/C10H13N3/c1-5(2)10-6(3)8(11)9(12)7(4)13-10/h11-12H,1H2,2-4H3. The molecule has 0 atom stereocenters. The van der Waals surface area contributed by atoms with Crippen LogP contribution in [0.5, 0.6) is 0 Å². The van der Waals surface area contributed by atoms with Gasteiger partial charge in [-0.25, -0.2) is 0 Å². The van der Waals surface area contributed by atoms with Crippen LogP contribution in [-0.2, 0) is 0 Å². The fourth-order valence-corrected chi connectivity index (χ4v) is 1.21. The summed E-state index contributed by atoms with van der Waals surface area (Å²) in [5.41, 5.74) is 3.39. The second-order valence-corrected chi connectivity index (χ2v) is 3.20. The predicted molar refractivity (Wildman–Crippen MR) is 56.1 cm³/mol. The lowest BCUT2D eigenvalue weighted by molar-refractivity contribution is 1.23. The van der Waals surface area contributed by atoms with E-state index in [1.165, 1.54) is 0 Å². The van der Waals surface area contributed by atoms with Crippen LogP contribution in [0.1, 0.15) is 20.8 Å². The van der Waals surface area contributed by atoms with E-state index in [0.717, 1.165) is 16.8 Å². The Labute approximate surface area is 77.9 Å². The smallest absolute Gasteiger partial charge is 0.101 e. The number of hydrogen-bond donors (Lipinski definition) is 2. The Bertz CT molecular complexity index is 366.